The van der Waals surface area contributed by atoms with Gasteiger partial charge in [-0.05, 0) is 24.7 Å². The van der Waals surface area contributed by atoms with Crippen molar-refractivity contribution in [3.8, 4) is 0 Å². The largest absolute Gasteiger partial charge is 0.356 e. The fourth-order valence-electron chi connectivity index (χ4n) is 1.83. The van der Waals surface area contributed by atoms with Gasteiger partial charge in [-0.1, -0.05) is 26.7 Å². The molecule has 1 saturated carbocycles. The fraction of sp³-hybridized carbons (Fsp3) is 0.917. The van der Waals surface area contributed by atoms with Crippen molar-refractivity contribution in [1.82, 2.24) is 5.32 Å². The van der Waals surface area contributed by atoms with Crippen molar-refractivity contribution in [2.24, 2.45) is 23.5 Å². The normalized spacial score (nSPS) is 17.9. The van der Waals surface area contributed by atoms with Crippen LogP contribution in [-0.2, 0) is 4.79 Å². The van der Waals surface area contributed by atoms with E-state index >= 15 is 0 Å². The molecule has 0 aromatic heterocycles. The third kappa shape index (κ3) is 5.17. The Kier molecular flexibility index (Phi) is 5.09. The predicted octanol–water partition coefficient (Wildman–Crippen LogP) is 1.52. The highest BCUT2D eigenvalue weighted by Gasteiger charge is 2.22. The summed E-state index contributed by atoms with van der Waals surface area (Å²) < 4.78 is 0. The summed E-state index contributed by atoms with van der Waals surface area (Å²) in [6, 6.07) is 0. The van der Waals surface area contributed by atoms with Crippen LogP contribution in [0.15, 0.2) is 0 Å². The van der Waals surface area contributed by atoms with E-state index in [-0.39, 0.29) is 11.8 Å². The number of rotatable bonds is 7. The van der Waals surface area contributed by atoms with Gasteiger partial charge in [0, 0.05) is 13.1 Å². The minimum Gasteiger partial charge on any atom is -0.356 e. The van der Waals surface area contributed by atoms with Crippen LogP contribution in [0.2, 0.25) is 0 Å². The Hall–Kier alpha value is -0.570. The number of carbonyl (C=O) groups excluding carboxylic acids is 1. The third-order valence-electron chi connectivity index (χ3n) is 2.96. The second kappa shape index (κ2) is 6.11. The monoisotopic (exact) mass is 212 g/mol. The second-order valence-electron chi connectivity index (χ2n) is 5.09. The molecule has 3 heteroatoms. The molecule has 88 valence electrons. The van der Waals surface area contributed by atoms with Crippen LogP contribution in [-0.4, -0.2) is 19.0 Å². The Balaban J connectivity index is 2.15. The molecule has 1 amide bonds. The van der Waals surface area contributed by atoms with Gasteiger partial charge in [0.15, 0.2) is 0 Å². The molecule has 0 bridgehead atoms. The van der Waals surface area contributed by atoms with Crippen LogP contribution in [0.3, 0.4) is 0 Å². The summed E-state index contributed by atoms with van der Waals surface area (Å²) >= 11 is 0. The van der Waals surface area contributed by atoms with Crippen molar-refractivity contribution < 1.29 is 4.79 Å². The van der Waals surface area contributed by atoms with Gasteiger partial charge in [-0.2, -0.15) is 0 Å². The van der Waals surface area contributed by atoms with Crippen molar-refractivity contribution in [3.63, 3.8) is 0 Å². The molecule has 1 aliphatic carbocycles. The van der Waals surface area contributed by atoms with Gasteiger partial charge in [0.2, 0.25) is 5.91 Å². The van der Waals surface area contributed by atoms with Crippen LogP contribution in [0.4, 0.5) is 0 Å². The number of hydrogen-bond donors (Lipinski definition) is 2. The molecule has 0 radical (unpaired) electrons. The maximum atomic E-state index is 11.7. The lowest BCUT2D eigenvalue weighted by Crippen LogP contribution is -2.36. The first-order valence-electron chi connectivity index (χ1n) is 6.11. The molecule has 0 aromatic carbocycles. The third-order valence-corrected chi connectivity index (χ3v) is 2.96. The van der Waals surface area contributed by atoms with E-state index in [0.29, 0.717) is 12.5 Å². The highest BCUT2D eigenvalue weighted by Crippen LogP contribution is 2.31. The average molecular weight is 212 g/mol. The van der Waals surface area contributed by atoms with E-state index in [9.17, 15) is 4.79 Å². The zero-order chi connectivity index (χ0) is 11.3. The molecule has 1 rings (SSSR count). The topological polar surface area (TPSA) is 55.1 Å². The van der Waals surface area contributed by atoms with Crippen molar-refractivity contribution in [2.75, 3.05) is 13.1 Å². The Bertz CT molecular complexity index is 200. The van der Waals surface area contributed by atoms with Gasteiger partial charge in [-0.3, -0.25) is 4.79 Å². The van der Waals surface area contributed by atoms with E-state index in [1.165, 1.54) is 12.8 Å². The summed E-state index contributed by atoms with van der Waals surface area (Å²) in [6.07, 6.45) is 4.74. The van der Waals surface area contributed by atoms with Gasteiger partial charge in [0.05, 0.1) is 5.92 Å². The maximum absolute atomic E-state index is 11.7. The molecule has 1 atom stereocenters. The molecule has 0 aromatic rings. The van der Waals surface area contributed by atoms with E-state index in [1.54, 1.807) is 0 Å². The lowest BCUT2D eigenvalue weighted by Gasteiger charge is -2.16. The van der Waals surface area contributed by atoms with E-state index < -0.39 is 0 Å². The molecular weight excluding hydrogens is 188 g/mol. The van der Waals surface area contributed by atoms with Gasteiger partial charge >= 0.3 is 0 Å². The van der Waals surface area contributed by atoms with E-state index in [4.69, 9.17) is 5.73 Å². The van der Waals surface area contributed by atoms with Crippen LogP contribution in [0.5, 0.6) is 0 Å². The molecule has 0 saturated heterocycles. The minimum atomic E-state index is 0.00389. The number of hydrogen-bond acceptors (Lipinski definition) is 2. The van der Waals surface area contributed by atoms with Crippen molar-refractivity contribution >= 4 is 5.91 Å². The highest BCUT2D eigenvalue weighted by atomic mass is 16.1. The SMILES string of the molecule is CC(C)CC(CN)C(=O)NCCC1CC1. The number of amides is 1. The van der Waals surface area contributed by atoms with E-state index in [1.807, 2.05) is 0 Å². The zero-order valence-electron chi connectivity index (χ0n) is 9.96. The van der Waals surface area contributed by atoms with E-state index in [0.717, 1.165) is 25.3 Å². The summed E-state index contributed by atoms with van der Waals surface area (Å²) in [5, 5.41) is 2.99. The average Bonchev–Trinajstić information content (AvgIpc) is 2.97. The highest BCUT2D eigenvalue weighted by molar-refractivity contribution is 5.78. The first kappa shape index (κ1) is 12.5. The van der Waals surface area contributed by atoms with Crippen molar-refractivity contribution in [3.05, 3.63) is 0 Å². The maximum Gasteiger partial charge on any atom is 0.224 e. The van der Waals surface area contributed by atoms with Gasteiger partial charge < -0.3 is 11.1 Å². The summed E-state index contributed by atoms with van der Waals surface area (Å²) in [7, 11) is 0. The summed E-state index contributed by atoms with van der Waals surface area (Å²) in [5.41, 5.74) is 5.61. The Morgan fingerprint density at radius 3 is 2.60 bits per heavy atom. The Morgan fingerprint density at radius 2 is 2.13 bits per heavy atom. The van der Waals surface area contributed by atoms with Crippen LogP contribution in [0.25, 0.3) is 0 Å². The molecule has 0 aliphatic heterocycles. The molecule has 3 N–H and O–H groups in total. The van der Waals surface area contributed by atoms with Crippen LogP contribution in [0, 0.1) is 17.8 Å². The Labute approximate surface area is 92.8 Å². The predicted molar refractivity (Wildman–Crippen MR) is 62.4 cm³/mol. The van der Waals surface area contributed by atoms with Crippen LogP contribution in [0.1, 0.15) is 39.5 Å². The molecule has 15 heavy (non-hydrogen) atoms. The van der Waals surface area contributed by atoms with Gasteiger partial charge in [0.25, 0.3) is 0 Å². The van der Waals surface area contributed by atoms with Gasteiger partial charge in [-0.25, -0.2) is 0 Å². The molecule has 3 nitrogen and oxygen atoms in total. The molecule has 0 heterocycles. The first-order valence-corrected chi connectivity index (χ1v) is 6.11. The number of nitrogens with two attached hydrogens (primary N) is 1. The zero-order valence-corrected chi connectivity index (χ0v) is 9.96. The lowest BCUT2D eigenvalue weighted by molar-refractivity contribution is -0.125. The van der Waals surface area contributed by atoms with Crippen LogP contribution < -0.4 is 11.1 Å². The second-order valence-corrected chi connectivity index (χ2v) is 5.09. The molecule has 1 unspecified atom stereocenters. The van der Waals surface area contributed by atoms with Gasteiger partial charge in [0.1, 0.15) is 0 Å². The van der Waals surface area contributed by atoms with Crippen molar-refractivity contribution in [1.29, 1.82) is 0 Å². The molecule has 1 aliphatic rings. The molecular formula is C12H24N2O. The quantitative estimate of drug-likeness (QED) is 0.672. The standard InChI is InChI=1S/C12H24N2O/c1-9(2)7-11(8-13)12(15)14-6-5-10-3-4-10/h9-11H,3-8,13H2,1-2H3,(H,14,15). The van der Waals surface area contributed by atoms with Crippen molar-refractivity contribution in [2.45, 2.75) is 39.5 Å². The smallest absolute Gasteiger partial charge is 0.224 e. The lowest BCUT2D eigenvalue weighted by atomic mass is 9.96. The Morgan fingerprint density at radius 1 is 1.47 bits per heavy atom. The van der Waals surface area contributed by atoms with Crippen LogP contribution >= 0.6 is 0 Å². The molecule has 1 fully saturated rings. The first-order chi connectivity index (χ1) is 7.13. The number of nitrogens with one attached hydrogen (secondary N) is 1. The molecule has 0 spiro atoms. The fourth-order valence-corrected chi connectivity index (χ4v) is 1.83. The van der Waals surface area contributed by atoms with E-state index in [2.05, 4.69) is 19.2 Å². The van der Waals surface area contributed by atoms with Gasteiger partial charge in [-0.15, -0.1) is 0 Å². The number of carbonyl (C=O) groups is 1. The minimum absolute atomic E-state index is 0.00389. The summed E-state index contributed by atoms with van der Waals surface area (Å²) in [5.74, 6) is 1.57. The summed E-state index contributed by atoms with van der Waals surface area (Å²) in [6.45, 7) is 5.55. The summed E-state index contributed by atoms with van der Waals surface area (Å²) in [4.78, 5) is 11.7.